The van der Waals surface area contributed by atoms with Crippen LogP contribution in [-0.2, 0) is 9.53 Å². The highest BCUT2D eigenvalue weighted by Gasteiger charge is 2.29. The molecule has 1 atom stereocenters. The molecule has 1 saturated heterocycles. The third-order valence-corrected chi connectivity index (χ3v) is 8.14. The number of aromatic nitrogens is 1. The summed E-state index contributed by atoms with van der Waals surface area (Å²) in [4.78, 5) is 47.2. The molecule has 6 N–H and O–H groups in total. The molecule has 2 aliphatic rings. The van der Waals surface area contributed by atoms with Crippen LogP contribution in [0.3, 0.4) is 0 Å². The van der Waals surface area contributed by atoms with E-state index in [0.717, 1.165) is 18.7 Å². The molecular formula is C33H40N6O5. The summed E-state index contributed by atoms with van der Waals surface area (Å²) in [5, 5.41) is 16.3. The number of H-pyrrole nitrogens is 1. The number of nitrogens with one attached hydrogen (secondary N) is 3. The second-order valence-electron chi connectivity index (χ2n) is 11.1. The fraction of sp³-hybridized carbons (Fsp3) is 0.364. The molecule has 2 aliphatic heterocycles. The van der Waals surface area contributed by atoms with E-state index in [1.807, 2.05) is 26.0 Å². The number of aliphatic hydroxyl groups excluding tert-OH is 1. The molecule has 44 heavy (non-hydrogen) atoms. The van der Waals surface area contributed by atoms with Crippen molar-refractivity contribution in [2.24, 2.45) is 0 Å². The maximum atomic E-state index is 13.6. The number of carbonyl (C=O) groups excluding carboxylic acids is 3. The number of aryl methyl sites for hydroxylation is 1. The van der Waals surface area contributed by atoms with Gasteiger partial charge in [-0.3, -0.25) is 14.4 Å². The van der Waals surface area contributed by atoms with Crippen LogP contribution in [0.2, 0.25) is 0 Å². The normalized spacial score (nSPS) is 16.2. The number of carbonyl (C=O) groups is 3. The Kier molecular flexibility index (Phi) is 9.48. The van der Waals surface area contributed by atoms with E-state index >= 15 is 0 Å². The van der Waals surface area contributed by atoms with Crippen LogP contribution < -0.4 is 16.4 Å². The van der Waals surface area contributed by atoms with Crippen molar-refractivity contribution in [1.82, 2.24) is 20.1 Å². The maximum absolute atomic E-state index is 13.6. The van der Waals surface area contributed by atoms with Crippen molar-refractivity contribution in [3.8, 4) is 11.1 Å². The smallest absolute Gasteiger partial charge is 0.256 e. The molecule has 3 heterocycles. The fourth-order valence-electron chi connectivity index (χ4n) is 5.69. The van der Waals surface area contributed by atoms with E-state index in [0.29, 0.717) is 83.4 Å². The lowest BCUT2D eigenvalue weighted by Crippen LogP contribution is -2.40. The van der Waals surface area contributed by atoms with Crippen molar-refractivity contribution in [1.29, 1.82) is 0 Å². The Morgan fingerprint density at radius 2 is 1.84 bits per heavy atom. The number of nitrogens with two attached hydrogens (primary N) is 1. The van der Waals surface area contributed by atoms with Crippen molar-refractivity contribution < 1.29 is 24.2 Å². The molecule has 0 saturated carbocycles. The van der Waals surface area contributed by atoms with Crippen LogP contribution in [0, 0.1) is 6.92 Å². The number of rotatable bonds is 10. The Bertz CT molecular complexity index is 1570. The molecule has 11 nitrogen and oxygen atoms in total. The van der Waals surface area contributed by atoms with Crippen LogP contribution in [0.25, 0.3) is 22.8 Å². The summed E-state index contributed by atoms with van der Waals surface area (Å²) < 4.78 is 5.38. The van der Waals surface area contributed by atoms with Crippen molar-refractivity contribution in [2.45, 2.75) is 26.9 Å². The zero-order chi connectivity index (χ0) is 31.4. The Morgan fingerprint density at radius 1 is 1.14 bits per heavy atom. The van der Waals surface area contributed by atoms with Gasteiger partial charge in [-0.25, -0.2) is 0 Å². The third-order valence-electron chi connectivity index (χ3n) is 8.14. The number of aromatic amines is 1. The van der Waals surface area contributed by atoms with E-state index in [-0.39, 0.29) is 24.3 Å². The number of likely N-dealkylation sites (N-methyl/N-ethyl adjacent to an activating group) is 1. The van der Waals surface area contributed by atoms with Gasteiger partial charge in [-0.2, -0.15) is 0 Å². The minimum absolute atomic E-state index is 0.0906. The molecule has 11 heteroatoms. The number of aliphatic hydroxyl groups is 1. The van der Waals surface area contributed by atoms with Gasteiger partial charge in [0, 0.05) is 65.6 Å². The topological polar surface area (TPSA) is 153 Å². The molecule has 2 aromatic carbocycles. The summed E-state index contributed by atoms with van der Waals surface area (Å²) in [6.07, 6.45) is 0.988. The number of anilines is 2. The van der Waals surface area contributed by atoms with Crippen LogP contribution in [0.1, 0.15) is 51.5 Å². The maximum Gasteiger partial charge on any atom is 0.256 e. The van der Waals surface area contributed by atoms with E-state index in [4.69, 9.17) is 10.5 Å². The highest BCUT2D eigenvalue weighted by atomic mass is 16.5. The predicted octanol–water partition coefficient (Wildman–Crippen LogP) is 2.97. The van der Waals surface area contributed by atoms with E-state index in [1.165, 1.54) is 0 Å². The van der Waals surface area contributed by atoms with Gasteiger partial charge in [-0.15, -0.1) is 0 Å². The predicted molar refractivity (Wildman–Crippen MR) is 171 cm³/mol. The number of amides is 3. The first-order valence-electron chi connectivity index (χ1n) is 15.0. The highest BCUT2D eigenvalue weighted by Crippen LogP contribution is 2.38. The number of ether oxygens (including phenoxy) is 1. The Labute approximate surface area is 257 Å². The first kappa shape index (κ1) is 31.0. The summed E-state index contributed by atoms with van der Waals surface area (Å²) in [6.45, 7) is 10.0. The highest BCUT2D eigenvalue weighted by molar-refractivity contribution is 6.35. The van der Waals surface area contributed by atoms with Crippen molar-refractivity contribution >= 4 is 40.7 Å². The van der Waals surface area contributed by atoms with Crippen LogP contribution >= 0.6 is 0 Å². The molecule has 0 spiro atoms. The molecule has 3 amide bonds. The first-order valence-corrected chi connectivity index (χ1v) is 15.0. The number of morpholine rings is 1. The number of hydrogen-bond acceptors (Lipinski definition) is 7. The van der Waals surface area contributed by atoms with Gasteiger partial charge in [0.1, 0.15) is 0 Å². The van der Waals surface area contributed by atoms with Gasteiger partial charge in [0.25, 0.3) is 17.7 Å². The average molecular weight is 601 g/mol. The molecule has 232 valence electrons. The minimum atomic E-state index is -0.729. The number of benzene rings is 2. The van der Waals surface area contributed by atoms with Gasteiger partial charge >= 0.3 is 0 Å². The van der Waals surface area contributed by atoms with Crippen LogP contribution in [-0.4, -0.2) is 96.2 Å². The van der Waals surface area contributed by atoms with Gasteiger partial charge in [-0.05, 0) is 62.0 Å². The monoisotopic (exact) mass is 600 g/mol. The van der Waals surface area contributed by atoms with Crippen LogP contribution in [0.5, 0.6) is 0 Å². The number of nitrogen functional groups attached to an aromatic ring is 1. The van der Waals surface area contributed by atoms with Gasteiger partial charge < -0.3 is 41.0 Å². The Morgan fingerprint density at radius 3 is 2.52 bits per heavy atom. The zero-order valence-electron chi connectivity index (χ0n) is 25.4. The first-order chi connectivity index (χ1) is 21.2. The van der Waals surface area contributed by atoms with Gasteiger partial charge in [0.05, 0.1) is 30.5 Å². The van der Waals surface area contributed by atoms with E-state index in [9.17, 15) is 19.5 Å². The summed E-state index contributed by atoms with van der Waals surface area (Å²) >= 11 is 0. The molecule has 1 fully saturated rings. The van der Waals surface area contributed by atoms with Gasteiger partial charge in [0.2, 0.25) is 0 Å². The summed E-state index contributed by atoms with van der Waals surface area (Å²) in [6, 6.07) is 12.4. The van der Waals surface area contributed by atoms with E-state index < -0.39 is 6.10 Å². The van der Waals surface area contributed by atoms with Crippen LogP contribution in [0.4, 0.5) is 11.4 Å². The zero-order valence-corrected chi connectivity index (χ0v) is 25.4. The molecule has 5 rings (SSSR count). The second-order valence-corrected chi connectivity index (χ2v) is 11.1. The summed E-state index contributed by atoms with van der Waals surface area (Å²) in [7, 11) is 0. The minimum Gasteiger partial charge on any atom is -0.399 e. The standard InChI is InChI=1S/C33H40N6O5/c1-4-38(5-2)19-24(40)18-35-32(42)29-20(3)36-28(30(29)21-6-9-23(34)10-7-21)17-26-25-16-22(8-11-27(25)37-31(26)41)33(43)39-12-14-44-15-13-39/h6-11,16-17,24,36,40H,4-5,12-15,18-19,34H2,1-3H3,(H,35,42)(H,37,41)/b26-17-. The fourth-order valence-corrected chi connectivity index (χ4v) is 5.69. The van der Waals surface area contributed by atoms with E-state index in [2.05, 4.69) is 20.5 Å². The molecular weight excluding hydrogens is 560 g/mol. The lowest BCUT2D eigenvalue weighted by molar-refractivity contribution is -0.110. The molecule has 3 aromatic rings. The molecule has 0 bridgehead atoms. The molecule has 0 aliphatic carbocycles. The molecule has 1 unspecified atom stereocenters. The molecule has 1 aromatic heterocycles. The number of hydrogen-bond donors (Lipinski definition) is 5. The Balaban J connectivity index is 1.50. The number of fused-ring (bicyclic) bond motifs is 1. The summed E-state index contributed by atoms with van der Waals surface area (Å²) in [5.74, 6) is -0.768. The lowest BCUT2D eigenvalue weighted by Gasteiger charge is -2.27. The largest absolute Gasteiger partial charge is 0.399 e. The Hall–Kier alpha value is -4.45. The SMILES string of the molecule is CCN(CC)CC(O)CNC(=O)c1c(C)[nH]c(/C=C2\C(=O)Nc3ccc(C(=O)N4CCOCC4)cc32)c1-c1ccc(N)cc1. The average Bonchev–Trinajstić information content (AvgIpc) is 3.53. The van der Waals surface area contributed by atoms with Crippen molar-refractivity contribution in [3.63, 3.8) is 0 Å². The van der Waals surface area contributed by atoms with Crippen molar-refractivity contribution in [3.05, 3.63) is 70.5 Å². The van der Waals surface area contributed by atoms with Crippen molar-refractivity contribution in [2.75, 3.05) is 63.5 Å². The quantitative estimate of drug-likeness (QED) is 0.177. The van der Waals surface area contributed by atoms with E-state index in [1.54, 1.807) is 48.2 Å². The van der Waals surface area contributed by atoms with Gasteiger partial charge in [-0.1, -0.05) is 26.0 Å². The summed E-state index contributed by atoms with van der Waals surface area (Å²) in [5.41, 5.74) is 11.5. The number of nitrogens with zero attached hydrogens (tertiary/aromatic N) is 2. The molecule has 0 radical (unpaired) electrons. The van der Waals surface area contributed by atoms with Crippen LogP contribution in [0.15, 0.2) is 42.5 Å². The van der Waals surface area contributed by atoms with Gasteiger partial charge in [0.15, 0.2) is 0 Å². The second kappa shape index (κ2) is 13.5. The third kappa shape index (κ3) is 6.54. The lowest BCUT2D eigenvalue weighted by atomic mass is 9.96.